The highest BCUT2D eigenvalue weighted by Crippen LogP contribution is 2.51. The van der Waals surface area contributed by atoms with Crippen LogP contribution in [0.5, 0.6) is 0 Å². The lowest BCUT2D eigenvalue weighted by molar-refractivity contribution is 0.568. The molecule has 132 heavy (non-hydrogen) atoms. The molecule has 3 aliphatic rings. The van der Waals surface area contributed by atoms with Gasteiger partial charge in [0.1, 0.15) is 0 Å². The Morgan fingerprint density at radius 1 is 0.174 bits per heavy atom. The predicted octanol–water partition coefficient (Wildman–Crippen LogP) is 35.0. The van der Waals surface area contributed by atoms with Gasteiger partial charge in [-0.1, -0.05) is 358 Å². The minimum Gasteiger partial charge on any atom is -0.354 e. The molecular formula is C124H144N8. The van der Waals surface area contributed by atoms with Crippen molar-refractivity contribution in [2.45, 2.75) is 314 Å². The molecule has 0 radical (unpaired) electrons. The third-order valence-corrected chi connectivity index (χ3v) is 28.0. The van der Waals surface area contributed by atoms with Gasteiger partial charge in [0.25, 0.3) is 0 Å². The van der Waals surface area contributed by atoms with Crippen molar-refractivity contribution in [3.63, 3.8) is 0 Å². The van der Waals surface area contributed by atoms with Gasteiger partial charge in [0, 0.05) is 93.5 Å². The molecule has 3 aliphatic heterocycles. The first-order valence-electron chi connectivity index (χ1n) is 48.3. The molecule has 0 aliphatic carbocycles. The first-order valence-corrected chi connectivity index (χ1v) is 48.3. The van der Waals surface area contributed by atoms with Crippen molar-refractivity contribution < 1.29 is 0 Å². The minimum absolute atomic E-state index is 0.178. The van der Waals surface area contributed by atoms with Crippen molar-refractivity contribution in [1.82, 2.24) is 39.9 Å². The van der Waals surface area contributed by atoms with E-state index in [1.54, 1.807) is 0 Å². The average Bonchev–Trinajstić information content (AvgIpc) is 1.55. The van der Waals surface area contributed by atoms with Gasteiger partial charge < -0.3 is 19.9 Å². The number of nitrogens with zero attached hydrogens (tertiary/aromatic N) is 4. The van der Waals surface area contributed by atoms with Crippen molar-refractivity contribution in [2.24, 2.45) is 0 Å². The summed E-state index contributed by atoms with van der Waals surface area (Å²) in [4.78, 5) is 42.4. The summed E-state index contributed by atoms with van der Waals surface area (Å²) in [5, 5.41) is 3.85. The fourth-order valence-electron chi connectivity index (χ4n) is 19.2. The van der Waals surface area contributed by atoms with Gasteiger partial charge in [-0.3, -0.25) is 0 Å². The van der Waals surface area contributed by atoms with Crippen LogP contribution in [0.15, 0.2) is 158 Å². The minimum atomic E-state index is -0.225. The zero-order chi connectivity index (χ0) is 95.7. The Morgan fingerprint density at radius 3 is 0.629 bits per heavy atom. The summed E-state index contributed by atoms with van der Waals surface area (Å²) in [7, 11) is 0. The fourth-order valence-corrected chi connectivity index (χ4v) is 19.2. The van der Waals surface area contributed by atoms with Crippen molar-refractivity contribution >= 4 is 113 Å². The lowest BCUT2D eigenvalue weighted by Gasteiger charge is -2.26. The molecule has 7 aromatic heterocycles. The standard InChI is InChI=1S/C124H144N8/c1-113(2,3)75-49-69(50-76(61-75)114(4,5)6)103-89-37-39-91(125-89)105(71-53-79(117(13,14)15)63-80(54-71)118(16,17)18)95-45-47-99(129-95)109-110-100-48-46-96(130-100)106(72-55-81(119(19,20)21)64-82(56-72)120(22,23)24)92-40-38-90(126-92)104(70-51-77(115(7,8)9)62-78(52-70)116(10,11)12)94-42-44-98(128-94)108(74-59-85(123(31,32)33)66-86(60-74)124(34,35)36)102-68-88(112(110)132-102)87-67-101(131-111(87)109)107(97-43-41-93(103)127-97)73-57-83(121(25,26)27)65-84(58-73)122(28,29)30/h37-68,125,128,130-131H,1-36H3. The van der Waals surface area contributed by atoms with Gasteiger partial charge in [-0.05, 0) is 250 Å². The van der Waals surface area contributed by atoms with Crippen molar-refractivity contribution in [3.05, 3.63) is 259 Å². The van der Waals surface area contributed by atoms with Gasteiger partial charge >= 0.3 is 0 Å². The van der Waals surface area contributed by atoms with Gasteiger partial charge in [0.2, 0.25) is 0 Å². The Balaban J connectivity index is 1.18. The van der Waals surface area contributed by atoms with Gasteiger partial charge in [-0.15, -0.1) is 0 Å². The lowest BCUT2D eigenvalue weighted by Crippen LogP contribution is -2.16. The first kappa shape index (κ1) is 92.4. The molecule has 8 nitrogen and oxygen atoms in total. The number of aromatic amines is 4. The number of aromatic nitrogens is 8. The van der Waals surface area contributed by atoms with E-state index in [2.05, 4.69) is 463 Å². The molecule has 0 spiro atoms. The Morgan fingerprint density at radius 2 is 0.379 bits per heavy atom. The molecular weight excluding hydrogens is 1600 g/mol. The second-order valence-corrected chi connectivity index (χ2v) is 51.2. The largest absolute Gasteiger partial charge is 0.354 e. The summed E-state index contributed by atoms with van der Waals surface area (Å²) in [6.45, 7) is 84.3. The maximum absolute atomic E-state index is 6.44. The lowest BCUT2D eigenvalue weighted by atomic mass is 9.78. The van der Waals surface area contributed by atoms with E-state index < -0.39 is 0 Å². The molecule has 16 bridgehead atoms. The summed E-state index contributed by atoms with van der Waals surface area (Å²) in [5.74, 6) is 0. The predicted molar refractivity (Wildman–Crippen MR) is 574 cm³/mol. The van der Waals surface area contributed by atoms with E-state index in [0.29, 0.717) is 0 Å². The maximum atomic E-state index is 6.44. The number of fused-ring (bicyclic) bond motifs is 18. The van der Waals surface area contributed by atoms with Crippen LogP contribution < -0.4 is 0 Å². The van der Waals surface area contributed by atoms with E-state index in [1.165, 1.54) is 66.8 Å². The Labute approximate surface area is 787 Å². The summed E-state index contributed by atoms with van der Waals surface area (Å²) in [5.41, 5.74) is 39.4. The zero-order valence-electron chi connectivity index (χ0n) is 86.3. The highest BCUT2D eigenvalue weighted by Gasteiger charge is 2.34. The normalized spacial score (nSPS) is 14.0. The number of benzene rings is 7. The molecule has 8 heteroatoms. The Hall–Kier alpha value is -11.5. The maximum Gasteiger partial charge on any atom is 0.0817 e. The van der Waals surface area contributed by atoms with Crippen LogP contribution in [0.2, 0.25) is 0 Å². The van der Waals surface area contributed by atoms with E-state index in [1.807, 2.05) is 0 Å². The summed E-state index contributed by atoms with van der Waals surface area (Å²) < 4.78 is 0. The van der Waals surface area contributed by atoms with E-state index in [4.69, 9.17) is 19.9 Å². The zero-order valence-corrected chi connectivity index (χ0v) is 86.3. The van der Waals surface area contributed by atoms with Crippen molar-refractivity contribution in [3.8, 4) is 66.8 Å². The van der Waals surface area contributed by atoms with Crippen LogP contribution in [0.3, 0.4) is 0 Å². The molecule has 680 valence electrons. The van der Waals surface area contributed by atoms with Crippen LogP contribution >= 0.6 is 0 Å². The smallest absolute Gasteiger partial charge is 0.0817 e. The van der Waals surface area contributed by atoms with Gasteiger partial charge in [0.05, 0.1) is 50.7 Å². The molecule has 0 saturated heterocycles. The third-order valence-electron chi connectivity index (χ3n) is 28.0. The molecule has 4 N–H and O–H groups in total. The van der Waals surface area contributed by atoms with Gasteiger partial charge in [-0.25, -0.2) is 19.9 Å². The van der Waals surface area contributed by atoms with E-state index in [9.17, 15) is 0 Å². The number of rotatable bonds is 6. The molecule has 0 fully saturated rings. The second kappa shape index (κ2) is 31.1. The van der Waals surface area contributed by atoms with Crippen LogP contribution in [0, 0.1) is 0 Å². The fraction of sp³-hybridized carbons (Fsp3) is 0.387. The second-order valence-electron chi connectivity index (χ2n) is 51.2. The monoisotopic (exact) mass is 1750 g/mol. The highest BCUT2D eigenvalue weighted by atomic mass is 14.8. The summed E-state index contributed by atoms with van der Waals surface area (Å²) in [6.07, 6.45) is 13.7. The van der Waals surface area contributed by atoms with Gasteiger partial charge in [0.15, 0.2) is 0 Å². The number of H-pyrrole nitrogens is 4. The third kappa shape index (κ3) is 17.4. The number of hydrogen-bond donors (Lipinski definition) is 4. The number of hydrogen-bond acceptors (Lipinski definition) is 4. The van der Waals surface area contributed by atoms with Crippen LogP contribution in [0.4, 0.5) is 0 Å². The summed E-state index contributed by atoms with van der Waals surface area (Å²) >= 11 is 0. The van der Waals surface area contributed by atoms with Gasteiger partial charge in [-0.2, -0.15) is 0 Å². The van der Waals surface area contributed by atoms with Crippen molar-refractivity contribution in [1.29, 1.82) is 0 Å². The molecule has 10 heterocycles. The number of nitrogens with one attached hydrogen (secondary N) is 4. The molecule has 7 aromatic carbocycles. The van der Waals surface area contributed by atoms with Crippen LogP contribution in [0.1, 0.15) is 350 Å². The Bertz CT molecular complexity index is 7320. The summed E-state index contributed by atoms with van der Waals surface area (Å²) in [6, 6.07) is 62.6. The highest BCUT2D eigenvalue weighted by molar-refractivity contribution is 6.31. The average molecular weight is 1750 g/mol. The SMILES string of the molecule is CC(C)(C)c1cc(-c2c3nc(c(-c4cc(C(C)(C)C)cc(C(C)(C)C)c4)c4cc5c6cc7nc6c(c6ccc([nH]6)c(-c6cc(C(C)(C)C)cc(C(C)(C)C)c6)c6nc(c(-c8cc(C(C)(C)C)cc(C(C)(C)C)c8)c8ccc([nH]8)c7-c7cc(C(C)(C)C)cc(C(C)(C)C)c7)C=C6)c(c6nc(c(-c7cc(C(C)(C)C)cc(C(C)(C)C)c7)c7ccc2[nH]7)C=C6)c5[nH]4)C=C3)cc(C(C)(C)C)c1. The van der Waals surface area contributed by atoms with Crippen LogP contribution in [-0.2, 0) is 65.0 Å². The molecule has 17 rings (SSSR count). The molecule has 0 unspecified atom stereocenters. The van der Waals surface area contributed by atoms with Crippen molar-refractivity contribution in [2.75, 3.05) is 0 Å². The quantitative estimate of drug-likeness (QED) is 0.133. The molecule has 0 amide bonds. The van der Waals surface area contributed by atoms with Crippen LogP contribution in [-0.4, -0.2) is 39.9 Å². The van der Waals surface area contributed by atoms with Crippen LogP contribution in [0.25, 0.3) is 180 Å². The Kier molecular flexibility index (Phi) is 21.7. The van der Waals surface area contributed by atoms with E-state index in [-0.39, 0.29) is 65.0 Å². The topological polar surface area (TPSA) is 115 Å². The molecule has 0 saturated carbocycles. The van der Waals surface area contributed by atoms with E-state index in [0.717, 1.165) is 178 Å². The van der Waals surface area contributed by atoms with E-state index >= 15 is 0 Å². The molecule has 14 aromatic rings. The first-order chi connectivity index (χ1) is 60.9. The molecule has 0 atom stereocenters.